The van der Waals surface area contributed by atoms with E-state index in [-0.39, 0.29) is 6.10 Å². The van der Waals surface area contributed by atoms with E-state index in [9.17, 15) is 0 Å². The predicted molar refractivity (Wildman–Crippen MR) is 60.7 cm³/mol. The van der Waals surface area contributed by atoms with Crippen molar-refractivity contribution in [1.29, 1.82) is 0 Å². The lowest BCUT2D eigenvalue weighted by atomic mass is 10.4. The summed E-state index contributed by atoms with van der Waals surface area (Å²) in [5.74, 6) is 0.818. The topological polar surface area (TPSA) is 9.23 Å². The fraction of sp³-hybridized carbons (Fsp3) is 0.500. The molecule has 0 saturated carbocycles. The van der Waals surface area contributed by atoms with E-state index >= 15 is 0 Å². The molecule has 1 nitrogen and oxygen atoms in total. The zero-order valence-corrected chi connectivity index (χ0v) is 9.50. The van der Waals surface area contributed by atoms with Crippen molar-refractivity contribution in [3.05, 3.63) is 36.6 Å². The van der Waals surface area contributed by atoms with E-state index in [1.807, 2.05) is 52.8 Å². The molecule has 0 bridgehead atoms. The van der Waals surface area contributed by atoms with Gasteiger partial charge in [0, 0.05) is 0 Å². The van der Waals surface area contributed by atoms with Crippen LogP contribution in [-0.4, -0.2) is 6.10 Å². The molecule has 0 rings (SSSR count). The molecule has 76 valence electrons. The van der Waals surface area contributed by atoms with Crippen molar-refractivity contribution in [2.75, 3.05) is 0 Å². The van der Waals surface area contributed by atoms with Crippen molar-refractivity contribution < 1.29 is 4.74 Å². The summed E-state index contributed by atoms with van der Waals surface area (Å²) in [6.07, 6.45) is 7.70. The van der Waals surface area contributed by atoms with Gasteiger partial charge in [0.05, 0.1) is 6.10 Å². The van der Waals surface area contributed by atoms with Crippen LogP contribution >= 0.6 is 0 Å². The zero-order chi connectivity index (χ0) is 10.7. The van der Waals surface area contributed by atoms with E-state index in [4.69, 9.17) is 4.74 Å². The minimum absolute atomic E-state index is 0.213. The number of ether oxygens (including phenoxy) is 1. The van der Waals surface area contributed by atoms with Crippen molar-refractivity contribution in [3.8, 4) is 0 Å². The summed E-state index contributed by atoms with van der Waals surface area (Å²) < 4.78 is 5.39. The SMILES string of the molecule is C=C/C(=C\C=C/C)OC(C)C.CC. The molecule has 0 unspecified atom stereocenters. The van der Waals surface area contributed by atoms with Crippen LogP contribution in [0.4, 0.5) is 0 Å². The molecule has 0 aromatic carbocycles. The Morgan fingerprint density at radius 2 is 1.85 bits per heavy atom. The van der Waals surface area contributed by atoms with Crippen LogP contribution in [0.25, 0.3) is 0 Å². The van der Waals surface area contributed by atoms with Crippen LogP contribution in [0.5, 0.6) is 0 Å². The van der Waals surface area contributed by atoms with Crippen LogP contribution in [0.1, 0.15) is 34.6 Å². The Morgan fingerprint density at radius 3 is 2.15 bits per heavy atom. The molecule has 0 aliphatic carbocycles. The zero-order valence-electron chi connectivity index (χ0n) is 9.50. The first kappa shape index (κ1) is 14.5. The first-order chi connectivity index (χ1) is 6.20. The number of hydrogen-bond donors (Lipinski definition) is 0. The second-order valence-electron chi connectivity index (χ2n) is 2.47. The van der Waals surface area contributed by atoms with Gasteiger partial charge < -0.3 is 4.74 Å². The van der Waals surface area contributed by atoms with Gasteiger partial charge in [-0.25, -0.2) is 0 Å². The van der Waals surface area contributed by atoms with E-state index in [2.05, 4.69) is 6.58 Å². The number of hydrogen-bond acceptors (Lipinski definition) is 1. The molecule has 0 saturated heterocycles. The quantitative estimate of drug-likeness (QED) is 0.470. The highest BCUT2D eigenvalue weighted by Gasteiger charge is 1.93. The van der Waals surface area contributed by atoms with E-state index in [1.54, 1.807) is 6.08 Å². The van der Waals surface area contributed by atoms with Crippen LogP contribution < -0.4 is 0 Å². The van der Waals surface area contributed by atoms with Gasteiger partial charge in [-0.3, -0.25) is 0 Å². The molecule has 0 fully saturated rings. The van der Waals surface area contributed by atoms with Gasteiger partial charge in [-0.1, -0.05) is 32.6 Å². The van der Waals surface area contributed by atoms with Crippen LogP contribution in [0, 0.1) is 0 Å². The van der Waals surface area contributed by atoms with E-state index in [0.29, 0.717) is 0 Å². The Labute approximate surface area is 82.8 Å². The molecule has 0 atom stereocenters. The fourth-order valence-electron chi connectivity index (χ4n) is 0.619. The Balaban J connectivity index is 0. The molecule has 1 heteroatoms. The summed E-state index contributed by atoms with van der Waals surface area (Å²) in [6, 6.07) is 0. The summed E-state index contributed by atoms with van der Waals surface area (Å²) in [4.78, 5) is 0. The molecule has 0 amide bonds. The largest absolute Gasteiger partial charge is 0.491 e. The molecule has 0 N–H and O–H groups in total. The normalized spacial score (nSPS) is 11.1. The van der Waals surface area contributed by atoms with Crippen LogP contribution in [-0.2, 0) is 4.74 Å². The minimum Gasteiger partial charge on any atom is -0.491 e. The van der Waals surface area contributed by atoms with Gasteiger partial charge in [-0.15, -0.1) is 0 Å². The lowest BCUT2D eigenvalue weighted by molar-refractivity contribution is 0.158. The first-order valence-electron chi connectivity index (χ1n) is 4.82. The maximum Gasteiger partial charge on any atom is 0.119 e. The Bertz CT molecular complexity index is 164. The molecule has 13 heavy (non-hydrogen) atoms. The Hall–Kier alpha value is -0.980. The summed E-state index contributed by atoms with van der Waals surface area (Å²) in [6.45, 7) is 13.6. The van der Waals surface area contributed by atoms with Crippen LogP contribution in [0.2, 0.25) is 0 Å². The summed E-state index contributed by atoms with van der Waals surface area (Å²) in [5, 5.41) is 0. The van der Waals surface area contributed by atoms with Crippen LogP contribution in [0.15, 0.2) is 36.6 Å². The lowest BCUT2D eigenvalue weighted by Crippen LogP contribution is -1.99. The van der Waals surface area contributed by atoms with Gasteiger partial charge >= 0.3 is 0 Å². The maximum atomic E-state index is 5.39. The Morgan fingerprint density at radius 1 is 1.31 bits per heavy atom. The number of rotatable bonds is 4. The monoisotopic (exact) mass is 182 g/mol. The predicted octanol–water partition coefficient (Wildman–Crippen LogP) is 4.08. The third kappa shape index (κ3) is 11.0. The van der Waals surface area contributed by atoms with Gasteiger partial charge in [0.25, 0.3) is 0 Å². The summed E-state index contributed by atoms with van der Waals surface area (Å²) in [5.41, 5.74) is 0. The average Bonchev–Trinajstić information content (AvgIpc) is 2.15. The summed E-state index contributed by atoms with van der Waals surface area (Å²) in [7, 11) is 0. The van der Waals surface area contributed by atoms with Gasteiger partial charge in [-0.2, -0.15) is 0 Å². The van der Waals surface area contributed by atoms with Crippen LogP contribution in [0.3, 0.4) is 0 Å². The molecule has 0 aliphatic rings. The lowest BCUT2D eigenvalue weighted by Gasteiger charge is -2.08. The van der Waals surface area contributed by atoms with Crippen molar-refractivity contribution in [2.45, 2.75) is 40.7 Å². The van der Waals surface area contributed by atoms with Gasteiger partial charge in [-0.05, 0) is 32.9 Å². The molecular weight excluding hydrogens is 160 g/mol. The average molecular weight is 182 g/mol. The van der Waals surface area contributed by atoms with Crippen molar-refractivity contribution >= 4 is 0 Å². The third-order valence-electron chi connectivity index (χ3n) is 1.03. The molecule has 0 radical (unpaired) electrons. The smallest absolute Gasteiger partial charge is 0.119 e. The molecule has 0 aliphatic heterocycles. The first-order valence-corrected chi connectivity index (χ1v) is 4.82. The molecular formula is C12H22O. The van der Waals surface area contributed by atoms with Crippen molar-refractivity contribution in [3.63, 3.8) is 0 Å². The van der Waals surface area contributed by atoms with Gasteiger partial charge in [0.15, 0.2) is 0 Å². The van der Waals surface area contributed by atoms with Crippen molar-refractivity contribution in [2.24, 2.45) is 0 Å². The highest BCUT2D eigenvalue weighted by atomic mass is 16.5. The van der Waals surface area contributed by atoms with Crippen molar-refractivity contribution in [1.82, 2.24) is 0 Å². The van der Waals surface area contributed by atoms with Gasteiger partial charge in [0.1, 0.15) is 5.76 Å². The maximum absolute atomic E-state index is 5.39. The highest BCUT2D eigenvalue weighted by molar-refractivity contribution is 5.16. The fourth-order valence-corrected chi connectivity index (χ4v) is 0.619. The summed E-state index contributed by atoms with van der Waals surface area (Å²) >= 11 is 0. The highest BCUT2D eigenvalue weighted by Crippen LogP contribution is 2.02. The van der Waals surface area contributed by atoms with Gasteiger partial charge in [0.2, 0.25) is 0 Å². The van der Waals surface area contributed by atoms with E-state index < -0.39 is 0 Å². The number of allylic oxidation sites excluding steroid dienone is 4. The third-order valence-corrected chi connectivity index (χ3v) is 1.03. The van der Waals surface area contributed by atoms with E-state index in [0.717, 1.165) is 5.76 Å². The second-order valence-corrected chi connectivity index (χ2v) is 2.47. The van der Waals surface area contributed by atoms with E-state index in [1.165, 1.54) is 0 Å². The Kier molecular flexibility index (Phi) is 12.3. The molecule has 0 aromatic heterocycles. The standard InChI is InChI=1S/C10H16O.C2H6/c1-5-7-8-10(6-2)11-9(3)4;1-2/h5-9H,2H2,1,3-4H3;1-2H3/b7-5-,10-8+;. The second kappa shape index (κ2) is 11.0. The molecule has 0 aromatic rings. The molecule has 0 heterocycles. The minimum atomic E-state index is 0.213. The molecule has 0 spiro atoms.